The lowest BCUT2D eigenvalue weighted by atomic mass is 10.1. The molecule has 0 amide bonds. The number of nitrogens with zero attached hydrogens (tertiary/aromatic N) is 1. The molecule has 1 aromatic heterocycles. The van der Waals surface area contributed by atoms with E-state index in [4.69, 9.17) is 28.6 Å². The smallest absolute Gasteiger partial charge is 0.252 e. The predicted molar refractivity (Wildman–Crippen MR) is 101 cm³/mol. The predicted octanol–water partition coefficient (Wildman–Crippen LogP) is 3.41. The number of aromatic nitrogens is 2. The standard InChI is InChI=1S/C16H18ClN3O2S.ClH/c1-22-14-5-4-10(17)7-12(14)13-8-15(21)19-16(23)20(13)9-11-3-2-6-18-11;/h4-5,7-8,11,18H,2-3,6,9H2,1H3,(H,19,21,23);1H/t11-;/m0./s1. The van der Waals surface area contributed by atoms with Crippen LogP contribution >= 0.6 is 36.2 Å². The second kappa shape index (κ2) is 8.16. The van der Waals surface area contributed by atoms with Crippen molar-refractivity contribution in [2.24, 2.45) is 0 Å². The Morgan fingerprint density at radius 3 is 2.88 bits per heavy atom. The van der Waals surface area contributed by atoms with Gasteiger partial charge in [0.25, 0.3) is 5.56 Å². The van der Waals surface area contributed by atoms with Gasteiger partial charge in [-0.2, -0.15) is 0 Å². The maximum absolute atomic E-state index is 11.9. The Morgan fingerprint density at radius 2 is 2.21 bits per heavy atom. The zero-order chi connectivity index (χ0) is 16.4. The topological polar surface area (TPSA) is 59.1 Å². The molecule has 0 bridgehead atoms. The first kappa shape index (κ1) is 19.0. The van der Waals surface area contributed by atoms with Gasteiger partial charge < -0.3 is 14.6 Å². The Kier molecular flexibility index (Phi) is 6.46. The van der Waals surface area contributed by atoms with Crippen molar-refractivity contribution in [3.05, 3.63) is 44.4 Å². The zero-order valence-corrected chi connectivity index (χ0v) is 15.6. The van der Waals surface area contributed by atoms with Crippen LogP contribution in [-0.2, 0) is 6.54 Å². The number of H-pyrrole nitrogens is 1. The Balaban J connectivity index is 0.00000208. The SMILES string of the molecule is COc1ccc(Cl)cc1-c1cc(=O)[nH]c(=S)n1C[C@@H]1CCCN1.Cl. The van der Waals surface area contributed by atoms with Crippen molar-refractivity contribution in [3.8, 4) is 17.0 Å². The monoisotopic (exact) mass is 387 g/mol. The van der Waals surface area contributed by atoms with E-state index in [1.54, 1.807) is 31.4 Å². The summed E-state index contributed by atoms with van der Waals surface area (Å²) in [5, 5.41) is 4.03. The number of halogens is 2. The highest BCUT2D eigenvalue weighted by Crippen LogP contribution is 2.32. The molecule has 0 saturated carbocycles. The lowest BCUT2D eigenvalue weighted by Gasteiger charge is -2.19. The van der Waals surface area contributed by atoms with Crippen LogP contribution in [0, 0.1) is 4.77 Å². The fourth-order valence-corrected chi connectivity index (χ4v) is 3.38. The molecule has 0 spiro atoms. The second-order valence-electron chi connectivity index (χ2n) is 5.57. The maximum Gasteiger partial charge on any atom is 0.252 e. The van der Waals surface area contributed by atoms with Crippen molar-refractivity contribution in [1.29, 1.82) is 0 Å². The van der Waals surface area contributed by atoms with Crippen molar-refractivity contribution in [2.45, 2.75) is 25.4 Å². The minimum Gasteiger partial charge on any atom is -0.496 e. The Morgan fingerprint density at radius 1 is 1.42 bits per heavy atom. The first-order valence-electron chi connectivity index (χ1n) is 7.50. The van der Waals surface area contributed by atoms with E-state index in [1.165, 1.54) is 0 Å². The first-order chi connectivity index (χ1) is 11.1. The molecular weight excluding hydrogens is 369 g/mol. The average Bonchev–Trinajstić information content (AvgIpc) is 3.03. The van der Waals surface area contributed by atoms with E-state index >= 15 is 0 Å². The third kappa shape index (κ3) is 4.00. The molecular formula is C16H19Cl2N3O2S. The van der Waals surface area contributed by atoms with E-state index in [-0.39, 0.29) is 18.0 Å². The van der Waals surface area contributed by atoms with Crippen molar-refractivity contribution in [3.63, 3.8) is 0 Å². The number of benzene rings is 1. The lowest BCUT2D eigenvalue weighted by molar-refractivity contribution is 0.415. The fourth-order valence-electron chi connectivity index (χ4n) is 2.94. The number of aromatic amines is 1. The van der Waals surface area contributed by atoms with Crippen LogP contribution < -0.4 is 15.6 Å². The largest absolute Gasteiger partial charge is 0.496 e. The van der Waals surface area contributed by atoms with Gasteiger partial charge >= 0.3 is 0 Å². The maximum atomic E-state index is 11.9. The van der Waals surface area contributed by atoms with Crippen molar-refractivity contribution >= 4 is 36.2 Å². The van der Waals surface area contributed by atoms with E-state index in [0.717, 1.165) is 24.9 Å². The van der Waals surface area contributed by atoms with E-state index < -0.39 is 0 Å². The number of nitrogens with one attached hydrogen (secondary N) is 2. The summed E-state index contributed by atoms with van der Waals surface area (Å²) in [7, 11) is 1.59. The molecule has 130 valence electrons. The molecule has 1 aliphatic heterocycles. The van der Waals surface area contributed by atoms with Gasteiger partial charge in [0.1, 0.15) is 5.75 Å². The van der Waals surface area contributed by atoms with Crippen LogP contribution in [0.25, 0.3) is 11.3 Å². The van der Waals surface area contributed by atoms with Crippen LogP contribution in [0.4, 0.5) is 0 Å². The molecule has 2 aromatic rings. The van der Waals surface area contributed by atoms with E-state index in [2.05, 4.69) is 10.3 Å². The third-order valence-electron chi connectivity index (χ3n) is 4.04. The van der Waals surface area contributed by atoms with Gasteiger partial charge in [-0.15, -0.1) is 12.4 Å². The fraction of sp³-hybridized carbons (Fsp3) is 0.375. The van der Waals surface area contributed by atoms with E-state index in [0.29, 0.717) is 33.8 Å². The lowest BCUT2D eigenvalue weighted by Crippen LogP contribution is -2.29. The summed E-state index contributed by atoms with van der Waals surface area (Å²) in [6.45, 7) is 1.71. The van der Waals surface area contributed by atoms with E-state index in [9.17, 15) is 4.79 Å². The average molecular weight is 388 g/mol. The Bertz CT molecular complexity index is 829. The number of methoxy groups -OCH3 is 1. The van der Waals surface area contributed by atoms with Gasteiger partial charge in [0.2, 0.25) is 0 Å². The first-order valence-corrected chi connectivity index (χ1v) is 8.28. The summed E-state index contributed by atoms with van der Waals surface area (Å²) in [5.74, 6) is 0.655. The van der Waals surface area contributed by atoms with Gasteiger partial charge in [0, 0.05) is 29.2 Å². The van der Waals surface area contributed by atoms with Crippen LogP contribution in [0.1, 0.15) is 12.8 Å². The minimum absolute atomic E-state index is 0. The van der Waals surface area contributed by atoms with Gasteiger partial charge in [-0.25, -0.2) is 0 Å². The van der Waals surface area contributed by atoms with Gasteiger partial charge in [0.15, 0.2) is 4.77 Å². The van der Waals surface area contributed by atoms with Crippen LogP contribution in [0.3, 0.4) is 0 Å². The van der Waals surface area contributed by atoms with Crippen LogP contribution in [-0.4, -0.2) is 29.2 Å². The van der Waals surface area contributed by atoms with Gasteiger partial charge in [-0.1, -0.05) is 11.6 Å². The molecule has 1 atom stereocenters. The van der Waals surface area contributed by atoms with Crippen LogP contribution in [0.15, 0.2) is 29.1 Å². The number of rotatable bonds is 4. The minimum atomic E-state index is -0.234. The molecule has 0 aliphatic carbocycles. The number of hydrogen-bond donors (Lipinski definition) is 2. The van der Waals surface area contributed by atoms with Gasteiger partial charge in [-0.3, -0.25) is 9.78 Å². The molecule has 8 heteroatoms. The Hall–Kier alpha value is -1.34. The summed E-state index contributed by atoms with van der Waals surface area (Å²) in [6.07, 6.45) is 2.24. The van der Waals surface area contributed by atoms with Crippen LogP contribution in [0.2, 0.25) is 5.02 Å². The van der Waals surface area contributed by atoms with Gasteiger partial charge in [-0.05, 0) is 49.8 Å². The van der Waals surface area contributed by atoms with Crippen molar-refractivity contribution in [2.75, 3.05) is 13.7 Å². The summed E-state index contributed by atoms with van der Waals surface area (Å²) < 4.78 is 7.77. The summed E-state index contributed by atoms with van der Waals surface area (Å²) in [5.41, 5.74) is 1.24. The van der Waals surface area contributed by atoms with Crippen molar-refractivity contribution < 1.29 is 4.74 Å². The quantitative estimate of drug-likeness (QED) is 0.789. The molecule has 1 fully saturated rings. The molecule has 2 N–H and O–H groups in total. The molecule has 2 heterocycles. The summed E-state index contributed by atoms with van der Waals surface area (Å²) in [4.78, 5) is 14.6. The molecule has 1 aliphatic rings. The highest BCUT2D eigenvalue weighted by molar-refractivity contribution is 7.71. The molecule has 3 rings (SSSR count). The highest BCUT2D eigenvalue weighted by Gasteiger charge is 2.18. The molecule has 1 saturated heterocycles. The Labute approximate surface area is 156 Å². The second-order valence-corrected chi connectivity index (χ2v) is 6.40. The summed E-state index contributed by atoms with van der Waals surface area (Å²) in [6, 6.07) is 7.23. The normalized spacial score (nSPS) is 16.7. The van der Waals surface area contributed by atoms with E-state index in [1.807, 2.05) is 4.57 Å². The van der Waals surface area contributed by atoms with Gasteiger partial charge in [0.05, 0.1) is 12.8 Å². The molecule has 1 aromatic carbocycles. The molecule has 5 nitrogen and oxygen atoms in total. The summed E-state index contributed by atoms with van der Waals surface area (Å²) >= 11 is 11.5. The number of hydrogen-bond acceptors (Lipinski definition) is 4. The van der Waals surface area contributed by atoms with Crippen LogP contribution in [0.5, 0.6) is 5.75 Å². The molecule has 0 unspecified atom stereocenters. The highest BCUT2D eigenvalue weighted by atomic mass is 35.5. The number of ether oxygens (including phenoxy) is 1. The third-order valence-corrected chi connectivity index (χ3v) is 4.59. The zero-order valence-electron chi connectivity index (χ0n) is 13.2. The van der Waals surface area contributed by atoms with Crippen molar-refractivity contribution in [1.82, 2.24) is 14.9 Å². The molecule has 0 radical (unpaired) electrons. The molecule has 24 heavy (non-hydrogen) atoms.